The van der Waals surface area contributed by atoms with E-state index in [4.69, 9.17) is 4.42 Å². The summed E-state index contributed by atoms with van der Waals surface area (Å²) in [5.41, 5.74) is 11.3. The summed E-state index contributed by atoms with van der Waals surface area (Å²) in [6, 6.07) is 61.4. The third kappa shape index (κ3) is 3.78. The number of furan rings is 1. The van der Waals surface area contributed by atoms with Gasteiger partial charge in [-0.05, 0) is 82.6 Å². The van der Waals surface area contributed by atoms with Crippen molar-refractivity contribution in [3.63, 3.8) is 0 Å². The minimum atomic E-state index is 0.905. The number of aromatic nitrogens is 2. The normalized spacial score (nSPS) is 12.1. The lowest BCUT2D eigenvalue weighted by molar-refractivity contribution is 0.669. The molecule has 8 aromatic carbocycles. The first-order valence-electron chi connectivity index (χ1n) is 16.8. The van der Waals surface area contributed by atoms with Crippen molar-refractivity contribution in [2.75, 3.05) is 0 Å². The van der Waals surface area contributed by atoms with Crippen molar-refractivity contribution in [3.8, 4) is 22.5 Å². The van der Waals surface area contributed by atoms with Crippen LogP contribution in [0.25, 0.3) is 98.8 Å². The molecule has 0 aliphatic carbocycles. The van der Waals surface area contributed by atoms with Crippen LogP contribution < -0.4 is 0 Å². The molecular formula is C46H28N2O. The Bertz CT molecular complexity index is 3090. The van der Waals surface area contributed by atoms with Gasteiger partial charge >= 0.3 is 0 Å². The van der Waals surface area contributed by atoms with E-state index >= 15 is 0 Å². The van der Waals surface area contributed by atoms with E-state index < -0.39 is 0 Å². The molecule has 11 aromatic rings. The van der Waals surface area contributed by atoms with Crippen LogP contribution in [0.2, 0.25) is 0 Å². The molecule has 0 N–H and O–H groups in total. The second-order valence-electron chi connectivity index (χ2n) is 12.9. The summed E-state index contributed by atoms with van der Waals surface area (Å²) in [7, 11) is 0. The molecule has 49 heavy (non-hydrogen) atoms. The summed E-state index contributed by atoms with van der Waals surface area (Å²) < 4.78 is 11.0. The van der Waals surface area contributed by atoms with Crippen molar-refractivity contribution in [1.29, 1.82) is 0 Å². The first-order valence-corrected chi connectivity index (χ1v) is 16.8. The highest BCUT2D eigenvalue weighted by molar-refractivity contribution is 6.19. The largest absolute Gasteiger partial charge is 0.456 e. The van der Waals surface area contributed by atoms with Gasteiger partial charge in [0.2, 0.25) is 0 Å². The number of benzene rings is 8. The van der Waals surface area contributed by atoms with Crippen molar-refractivity contribution in [2.24, 2.45) is 0 Å². The average Bonchev–Trinajstić information content (AvgIpc) is 3.81. The minimum absolute atomic E-state index is 0.905. The molecule has 0 aliphatic rings. The summed E-state index contributed by atoms with van der Waals surface area (Å²) in [6.07, 6.45) is 0. The van der Waals surface area contributed by atoms with E-state index in [2.05, 4.69) is 167 Å². The van der Waals surface area contributed by atoms with Gasteiger partial charge in [0.05, 0.1) is 22.1 Å². The number of rotatable bonds is 3. The van der Waals surface area contributed by atoms with Gasteiger partial charge in [0.1, 0.15) is 11.2 Å². The van der Waals surface area contributed by atoms with Crippen molar-refractivity contribution < 1.29 is 4.42 Å². The molecule has 0 unspecified atom stereocenters. The maximum Gasteiger partial charge on any atom is 0.135 e. The second-order valence-corrected chi connectivity index (χ2v) is 12.9. The fourth-order valence-corrected chi connectivity index (χ4v) is 8.11. The molecule has 0 atom stereocenters. The standard InChI is InChI=1S/C46H28N2O/c1-2-12-33-29(10-1)11-9-16-34(33)30-20-22-31(23-21-30)47-41-17-6-3-13-35(41)38-28-44-39(27-43(38)47)36-14-4-7-18-42(36)48(44)32-24-25-46-40(26-32)37-15-5-8-19-45(37)49-46/h1-28H. The van der Waals surface area contributed by atoms with Crippen LogP contribution in [0.1, 0.15) is 0 Å². The highest BCUT2D eigenvalue weighted by Gasteiger charge is 2.19. The van der Waals surface area contributed by atoms with Crippen LogP contribution in [0, 0.1) is 0 Å². The quantitative estimate of drug-likeness (QED) is 0.192. The zero-order chi connectivity index (χ0) is 32.1. The first kappa shape index (κ1) is 26.5. The summed E-state index contributed by atoms with van der Waals surface area (Å²) in [6.45, 7) is 0. The van der Waals surface area contributed by atoms with Crippen LogP contribution in [0.4, 0.5) is 0 Å². The fraction of sp³-hybridized carbons (Fsp3) is 0. The molecule has 3 nitrogen and oxygen atoms in total. The molecule has 0 aliphatic heterocycles. The Morgan fingerprint density at radius 2 is 0.878 bits per heavy atom. The monoisotopic (exact) mass is 624 g/mol. The third-order valence-electron chi connectivity index (χ3n) is 10.3. The van der Waals surface area contributed by atoms with E-state index in [1.165, 1.54) is 65.5 Å². The van der Waals surface area contributed by atoms with Gasteiger partial charge in [0.25, 0.3) is 0 Å². The molecule has 3 heterocycles. The van der Waals surface area contributed by atoms with Gasteiger partial charge in [-0.1, -0.05) is 109 Å². The highest BCUT2D eigenvalue weighted by atomic mass is 16.3. The van der Waals surface area contributed by atoms with E-state index in [1.807, 2.05) is 12.1 Å². The van der Waals surface area contributed by atoms with Crippen molar-refractivity contribution in [1.82, 2.24) is 9.13 Å². The second kappa shape index (κ2) is 9.96. The molecule has 0 bridgehead atoms. The van der Waals surface area contributed by atoms with Crippen LogP contribution in [-0.4, -0.2) is 9.13 Å². The van der Waals surface area contributed by atoms with Crippen LogP contribution in [0.3, 0.4) is 0 Å². The number of para-hydroxylation sites is 3. The molecule has 3 aromatic heterocycles. The molecule has 11 rings (SSSR count). The van der Waals surface area contributed by atoms with Crippen LogP contribution in [0.5, 0.6) is 0 Å². The molecule has 0 saturated heterocycles. The van der Waals surface area contributed by atoms with Crippen LogP contribution in [0.15, 0.2) is 174 Å². The Balaban J connectivity index is 1.15. The van der Waals surface area contributed by atoms with Crippen LogP contribution in [-0.2, 0) is 0 Å². The number of hydrogen-bond acceptors (Lipinski definition) is 1. The first-order chi connectivity index (χ1) is 24.3. The van der Waals surface area contributed by atoms with Gasteiger partial charge in [-0.15, -0.1) is 0 Å². The minimum Gasteiger partial charge on any atom is -0.456 e. The fourth-order valence-electron chi connectivity index (χ4n) is 8.11. The van der Waals surface area contributed by atoms with Crippen molar-refractivity contribution >= 4 is 76.3 Å². The van der Waals surface area contributed by atoms with Crippen molar-refractivity contribution in [3.05, 3.63) is 170 Å². The zero-order valence-corrected chi connectivity index (χ0v) is 26.5. The summed E-state index contributed by atoms with van der Waals surface area (Å²) in [5.74, 6) is 0. The molecule has 228 valence electrons. The van der Waals surface area contributed by atoms with Gasteiger partial charge in [-0.3, -0.25) is 0 Å². The molecule has 0 spiro atoms. The Hall–Kier alpha value is -6.58. The molecule has 0 amide bonds. The Kier molecular flexibility index (Phi) is 5.38. The maximum absolute atomic E-state index is 6.19. The Labute approximate surface area is 281 Å². The van der Waals surface area contributed by atoms with Crippen molar-refractivity contribution in [2.45, 2.75) is 0 Å². The van der Waals surface area contributed by atoms with E-state index in [1.54, 1.807) is 0 Å². The van der Waals surface area contributed by atoms with E-state index in [0.717, 1.165) is 33.3 Å². The smallest absolute Gasteiger partial charge is 0.135 e. The third-order valence-corrected chi connectivity index (χ3v) is 10.3. The lowest BCUT2D eigenvalue weighted by Gasteiger charge is -2.11. The van der Waals surface area contributed by atoms with E-state index in [9.17, 15) is 0 Å². The SMILES string of the molecule is c1ccc2c(-c3ccc(-n4c5ccccc5c5cc6c(cc54)c4ccccc4n6-c4ccc5oc6ccccc6c5c4)cc3)cccc2c1. The molecule has 3 heteroatoms. The number of nitrogens with zero attached hydrogens (tertiary/aromatic N) is 2. The average molecular weight is 625 g/mol. The molecule has 0 radical (unpaired) electrons. The van der Waals surface area contributed by atoms with Crippen LogP contribution >= 0.6 is 0 Å². The van der Waals surface area contributed by atoms with Gasteiger partial charge < -0.3 is 13.6 Å². The Morgan fingerprint density at radius 1 is 0.327 bits per heavy atom. The predicted molar refractivity (Wildman–Crippen MR) is 205 cm³/mol. The topological polar surface area (TPSA) is 23.0 Å². The van der Waals surface area contributed by atoms with Gasteiger partial charge in [0.15, 0.2) is 0 Å². The van der Waals surface area contributed by atoms with Gasteiger partial charge in [0, 0.05) is 43.7 Å². The lowest BCUT2D eigenvalue weighted by Crippen LogP contribution is -1.95. The summed E-state index contributed by atoms with van der Waals surface area (Å²) in [4.78, 5) is 0. The molecule has 0 saturated carbocycles. The van der Waals surface area contributed by atoms with E-state index in [0.29, 0.717) is 0 Å². The molecular weight excluding hydrogens is 597 g/mol. The maximum atomic E-state index is 6.19. The lowest BCUT2D eigenvalue weighted by atomic mass is 9.98. The highest BCUT2D eigenvalue weighted by Crippen LogP contribution is 2.41. The molecule has 0 fully saturated rings. The Morgan fingerprint density at radius 3 is 1.61 bits per heavy atom. The number of hydrogen-bond donors (Lipinski definition) is 0. The number of fused-ring (bicyclic) bond motifs is 10. The summed E-state index contributed by atoms with van der Waals surface area (Å²) >= 11 is 0. The predicted octanol–water partition coefficient (Wildman–Crippen LogP) is 12.6. The zero-order valence-electron chi connectivity index (χ0n) is 26.5. The van der Waals surface area contributed by atoms with E-state index in [-0.39, 0.29) is 0 Å². The van der Waals surface area contributed by atoms with Gasteiger partial charge in [-0.25, -0.2) is 0 Å². The summed E-state index contributed by atoms with van der Waals surface area (Å²) in [5, 5.41) is 9.74. The van der Waals surface area contributed by atoms with Gasteiger partial charge in [-0.2, -0.15) is 0 Å².